The Morgan fingerprint density at radius 1 is 1.06 bits per heavy atom. The van der Waals surface area contributed by atoms with Gasteiger partial charge in [0.1, 0.15) is 17.3 Å². The number of nitrogens with zero attached hydrogens (tertiary/aromatic N) is 2. The predicted molar refractivity (Wildman–Crippen MR) is 136 cm³/mol. The molecule has 2 fully saturated rings. The van der Waals surface area contributed by atoms with Crippen molar-refractivity contribution in [2.45, 2.75) is 26.3 Å². The van der Waals surface area contributed by atoms with Crippen LogP contribution in [0, 0.1) is 6.92 Å². The number of carbonyl (C=O) groups is 2. The molecule has 0 spiro atoms. The van der Waals surface area contributed by atoms with Crippen LogP contribution in [0.3, 0.4) is 0 Å². The molecule has 2 heterocycles. The van der Waals surface area contributed by atoms with E-state index < -0.39 is 17.7 Å². The molecule has 1 unspecified atom stereocenters. The number of aliphatic hydroxyl groups excluding tert-OH is 1. The minimum absolute atomic E-state index is 0.0949. The van der Waals surface area contributed by atoms with E-state index >= 15 is 0 Å². The highest BCUT2D eigenvalue weighted by Gasteiger charge is 2.46. The number of hydrogen-bond donors (Lipinski definition) is 1. The Bertz CT molecular complexity index is 1120. The first-order chi connectivity index (χ1) is 17.4. The number of likely N-dealkylation sites (tertiary alicyclic amines) is 1. The molecule has 2 aliphatic rings. The number of carbonyl (C=O) groups excluding carboxylic acids is 2. The fourth-order valence-corrected chi connectivity index (χ4v) is 4.67. The van der Waals surface area contributed by atoms with Crippen LogP contribution in [-0.2, 0) is 14.3 Å². The Hall–Kier alpha value is -3.36. The molecule has 2 aliphatic heterocycles. The second kappa shape index (κ2) is 11.6. The number of aliphatic hydroxyl groups is 1. The Balaban J connectivity index is 1.73. The molecule has 2 aromatic rings. The van der Waals surface area contributed by atoms with Gasteiger partial charge in [0.15, 0.2) is 0 Å². The van der Waals surface area contributed by atoms with Gasteiger partial charge in [0, 0.05) is 31.7 Å². The lowest BCUT2D eigenvalue weighted by Gasteiger charge is -2.31. The summed E-state index contributed by atoms with van der Waals surface area (Å²) in [5.74, 6) is -0.0990. The van der Waals surface area contributed by atoms with E-state index in [-0.39, 0.29) is 11.3 Å². The Labute approximate surface area is 212 Å². The largest absolute Gasteiger partial charge is 0.507 e. The third kappa shape index (κ3) is 5.39. The summed E-state index contributed by atoms with van der Waals surface area (Å²) in [7, 11) is 1.57. The molecule has 36 heavy (non-hydrogen) atoms. The van der Waals surface area contributed by atoms with Crippen LogP contribution >= 0.6 is 0 Å². The van der Waals surface area contributed by atoms with Crippen LogP contribution in [0.4, 0.5) is 0 Å². The van der Waals surface area contributed by atoms with Crippen LogP contribution in [0.25, 0.3) is 5.76 Å². The zero-order chi connectivity index (χ0) is 25.7. The highest BCUT2D eigenvalue weighted by Crippen LogP contribution is 2.40. The molecule has 0 radical (unpaired) electrons. The van der Waals surface area contributed by atoms with Crippen molar-refractivity contribution in [1.29, 1.82) is 0 Å². The molecule has 0 saturated carbocycles. The maximum atomic E-state index is 13.3. The van der Waals surface area contributed by atoms with E-state index in [9.17, 15) is 14.7 Å². The Morgan fingerprint density at radius 2 is 1.75 bits per heavy atom. The topological polar surface area (TPSA) is 88.5 Å². The van der Waals surface area contributed by atoms with Crippen molar-refractivity contribution in [2.75, 3.05) is 53.1 Å². The molecule has 8 heteroatoms. The fourth-order valence-electron chi connectivity index (χ4n) is 4.67. The molecule has 4 rings (SSSR count). The van der Waals surface area contributed by atoms with Gasteiger partial charge in [-0.1, -0.05) is 19.1 Å². The smallest absolute Gasteiger partial charge is 0.295 e. The van der Waals surface area contributed by atoms with E-state index in [0.717, 1.165) is 36.4 Å². The summed E-state index contributed by atoms with van der Waals surface area (Å²) < 4.78 is 16.4. The molecule has 1 N–H and O–H groups in total. The molecule has 0 aromatic heterocycles. The summed E-state index contributed by atoms with van der Waals surface area (Å²) in [6, 6.07) is 11.9. The summed E-state index contributed by atoms with van der Waals surface area (Å²) in [6.07, 6.45) is 0.894. The average molecular weight is 495 g/mol. The molecule has 2 aromatic carbocycles. The Morgan fingerprint density at radius 3 is 2.39 bits per heavy atom. The van der Waals surface area contributed by atoms with Crippen molar-refractivity contribution in [3.63, 3.8) is 0 Å². The predicted octanol–water partition coefficient (Wildman–Crippen LogP) is 3.55. The van der Waals surface area contributed by atoms with Crippen LogP contribution in [0.15, 0.2) is 48.0 Å². The third-order valence-corrected chi connectivity index (χ3v) is 6.66. The summed E-state index contributed by atoms with van der Waals surface area (Å²) in [5, 5.41) is 11.4. The van der Waals surface area contributed by atoms with E-state index in [1.54, 1.807) is 30.2 Å². The molecule has 1 atom stereocenters. The summed E-state index contributed by atoms with van der Waals surface area (Å²) in [6.45, 7) is 8.32. The number of benzene rings is 2. The number of rotatable bonds is 9. The van der Waals surface area contributed by atoms with E-state index in [0.29, 0.717) is 44.2 Å². The normalized spacial score (nSPS) is 20.1. The number of methoxy groups -OCH3 is 1. The zero-order valence-corrected chi connectivity index (χ0v) is 21.2. The second-order valence-electron chi connectivity index (χ2n) is 9.04. The monoisotopic (exact) mass is 494 g/mol. The number of ketones is 1. The first kappa shape index (κ1) is 25.7. The van der Waals surface area contributed by atoms with Gasteiger partial charge in [-0.05, 0) is 54.8 Å². The van der Waals surface area contributed by atoms with Gasteiger partial charge in [-0.15, -0.1) is 0 Å². The maximum absolute atomic E-state index is 13.3. The number of aryl methyl sites for hydroxylation is 1. The number of hydrogen-bond acceptors (Lipinski definition) is 7. The Kier molecular flexibility index (Phi) is 8.28. The molecule has 8 nitrogen and oxygen atoms in total. The van der Waals surface area contributed by atoms with Crippen LogP contribution in [0.5, 0.6) is 11.5 Å². The minimum atomic E-state index is -0.701. The fraction of sp³-hybridized carbons (Fsp3) is 0.429. The van der Waals surface area contributed by atoms with Gasteiger partial charge in [0.2, 0.25) is 0 Å². The molecule has 0 bridgehead atoms. The quantitative estimate of drug-likeness (QED) is 0.324. The van der Waals surface area contributed by atoms with Crippen molar-refractivity contribution >= 4 is 17.4 Å². The number of Topliss-reactive ketones (excluding diaryl/α,β-unsaturated/α-hetero) is 1. The van der Waals surface area contributed by atoms with Gasteiger partial charge in [0.05, 0.1) is 38.5 Å². The van der Waals surface area contributed by atoms with E-state index in [1.165, 1.54) is 0 Å². The summed E-state index contributed by atoms with van der Waals surface area (Å²) >= 11 is 0. The van der Waals surface area contributed by atoms with Crippen molar-refractivity contribution < 1.29 is 28.9 Å². The van der Waals surface area contributed by atoms with E-state index in [2.05, 4.69) is 4.90 Å². The molecule has 1 amide bonds. The van der Waals surface area contributed by atoms with E-state index in [1.807, 2.05) is 38.1 Å². The average Bonchev–Trinajstić information content (AvgIpc) is 3.16. The highest BCUT2D eigenvalue weighted by molar-refractivity contribution is 6.46. The van der Waals surface area contributed by atoms with Gasteiger partial charge in [-0.3, -0.25) is 14.5 Å². The lowest BCUT2D eigenvalue weighted by molar-refractivity contribution is -0.140. The van der Waals surface area contributed by atoms with Crippen LogP contribution < -0.4 is 9.47 Å². The van der Waals surface area contributed by atoms with Gasteiger partial charge >= 0.3 is 0 Å². The van der Waals surface area contributed by atoms with Gasteiger partial charge in [-0.25, -0.2) is 0 Å². The van der Waals surface area contributed by atoms with Crippen molar-refractivity contribution in [2.24, 2.45) is 0 Å². The lowest BCUT2D eigenvalue weighted by atomic mass is 9.94. The lowest BCUT2D eigenvalue weighted by Crippen LogP contribution is -2.42. The summed E-state index contributed by atoms with van der Waals surface area (Å²) in [5.41, 5.74) is 2.08. The zero-order valence-electron chi connectivity index (χ0n) is 21.2. The SMILES string of the molecule is CCCOc1ccc(C2C(=C(O)c3ccc(OC)cc3C)C(=O)C(=O)N2CCN2CCOCC2)cc1. The highest BCUT2D eigenvalue weighted by atomic mass is 16.5. The van der Waals surface area contributed by atoms with Gasteiger partial charge in [0.25, 0.3) is 11.7 Å². The summed E-state index contributed by atoms with van der Waals surface area (Å²) in [4.78, 5) is 30.4. The first-order valence-electron chi connectivity index (χ1n) is 12.4. The van der Waals surface area contributed by atoms with Gasteiger partial charge in [-0.2, -0.15) is 0 Å². The van der Waals surface area contributed by atoms with Crippen LogP contribution in [0.1, 0.15) is 36.1 Å². The number of morpholine rings is 1. The maximum Gasteiger partial charge on any atom is 0.295 e. The number of amides is 1. The number of ether oxygens (including phenoxy) is 3. The van der Waals surface area contributed by atoms with Gasteiger partial charge < -0.3 is 24.2 Å². The van der Waals surface area contributed by atoms with Crippen LogP contribution in [-0.4, -0.2) is 79.7 Å². The third-order valence-electron chi connectivity index (χ3n) is 6.66. The molecular formula is C28H34N2O6. The van der Waals surface area contributed by atoms with Crippen molar-refractivity contribution in [3.8, 4) is 11.5 Å². The molecule has 0 aliphatic carbocycles. The van der Waals surface area contributed by atoms with Crippen LogP contribution in [0.2, 0.25) is 0 Å². The van der Waals surface area contributed by atoms with E-state index in [4.69, 9.17) is 14.2 Å². The van der Waals surface area contributed by atoms with Crippen molar-refractivity contribution in [1.82, 2.24) is 9.80 Å². The first-order valence-corrected chi connectivity index (χ1v) is 12.4. The molecule has 2 saturated heterocycles. The molecular weight excluding hydrogens is 460 g/mol. The minimum Gasteiger partial charge on any atom is -0.507 e. The molecule has 192 valence electrons. The van der Waals surface area contributed by atoms with Crippen molar-refractivity contribution in [3.05, 3.63) is 64.7 Å². The standard InChI is InChI=1S/C28H34N2O6/c1-4-15-36-21-7-5-20(6-8-21)25-24(26(31)23-10-9-22(34-3)18-19(23)2)27(32)28(33)30(25)12-11-29-13-16-35-17-14-29/h5-10,18,25,31H,4,11-17H2,1-3H3. The second-order valence-corrected chi connectivity index (χ2v) is 9.04.